The van der Waals surface area contributed by atoms with Crippen molar-refractivity contribution in [3.05, 3.63) is 29.8 Å². The Morgan fingerprint density at radius 1 is 1.25 bits per heavy atom. The van der Waals surface area contributed by atoms with Gasteiger partial charge in [0.25, 0.3) is 5.91 Å². The Morgan fingerprint density at radius 3 is 2.67 bits per heavy atom. The molecule has 134 valence electrons. The second kappa shape index (κ2) is 7.75. The number of rotatable bonds is 4. The van der Waals surface area contributed by atoms with Crippen LogP contribution in [-0.4, -0.2) is 36.0 Å². The quantitative estimate of drug-likeness (QED) is 0.905. The summed E-state index contributed by atoms with van der Waals surface area (Å²) in [6, 6.07) is 8.29. The van der Waals surface area contributed by atoms with Crippen molar-refractivity contribution < 1.29 is 9.53 Å². The van der Waals surface area contributed by atoms with E-state index in [1.807, 2.05) is 30.0 Å². The molecule has 1 aromatic rings. The maximum atomic E-state index is 12.7. The van der Waals surface area contributed by atoms with Gasteiger partial charge in [0.2, 0.25) is 0 Å². The number of fused-ring (bicyclic) bond motifs is 1. The van der Waals surface area contributed by atoms with Crippen molar-refractivity contribution in [2.24, 2.45) is 17.6 Å². The lowest BCUT2D eigenvalue weighted by Gasteiger charge is -2.23. The minimum atomic E-state index is -0.451. The molecule has 0 radical (unpaired) electrons. The molecule has 0 bridgehead atoms. The Hall–Kier alpha value is -1.26. The van der Waals surface area contributed by atoms with Crippen LogP contribution in [0.1, 0.15) is 45.1 Å². The average Bonchev–Trinajstić information content (AvgIpc) is 3.09. The lowest BCUT2D eigenvalue weighted by Crippen LogP contribution is -2.40. The Kier molecular flexibility index (Phi) is 6.16. The zero-order chi connectivity index (χ0) is 16.6. The van der Waals surface area contributed by atoms with Gasteiger partial charge in [0, 0.05) is 19.1 Å². The van der Waals surface area contributed by atoms with Crippen LogP contribution in [0.25, 0.3) is 0 Å². The molecule has 0 spiro atoms. The molecule has 1 aliphatic carbocycles. The molecule has 1 aliphatic heterocycles. The zero-order valence-corrected chi connectivity index (χ0v) is 15.6. The Balaban J connectivity index is 0.00000208. The molecule has 4 atom stereocenters. The molecular formula is C19H29ClN2O2. The summed E-state index contributed by atoms with van der Waals surface area (Å²) in [7, 11) is 0. The normalized spacial score (nSPS) is 26.9. The van der Waals surface area contributed by atoms with E-state index < -0.39 is 6.10 Å². The van der Waals surface area contributed by atoms with E-state index in [0.29, 0.717) is 17.8 Å². The van der Waals surface area contributed by atoms with Crippen LogP contribution in [0.4, 0.5) is 0 Å². The van der Waals surface area contributed by atoms with Crippen LogP contribution in [0.3, 0.4) is 0 Å². The fourth-order valence-corrected chi connectivity index (χ4v) is 3.95. The van der Waals surface area contributed by atoms with E-state index in [-0.39, 0.29) is 24.4 Å². The van der Waals surface area contributed by atoms with Crippen molar-refractivity contribution >= 4 is 18.3 Å². The van der Waals surface area contributed by atoms with E-state index in [0.717, 1.165) is 31.7 Å². The van der Waals surface area contributed by atoms with Gasteiger partial charge >= 0.3 is 0 Å². The molecule has 1 saturated carbocycles. The van der Waals surface area contributed by atoms with Gasteiger partial charge in [-0.1, -0.05) is 26.0 Å². The van der Waals surface area contributed by atoms with Crippen molar-refractivity contribution in [1.29, 1.82) is 0 Å². The van der Waals surface area contributed by atoms with Gasteiger partial charge in [-0.25, -0.2) is 0 Å². The van der Waals surface area contributed by atoms with Gasteiger partial charge in [-0.2, -0.15) is 0 Å². The lowest BCUT2D eigenvalue weighted by atomic mass is 9.98. The van der Waals surface area contributed by atoms with Gasteiger partial charge in [-0.05, 0) is 55.2 Å². The fourth-order valence-electron chi connectivity index (χ4n) is 3.95. The number of nitrogens with zero attached hydrogens (tertiary/aromatic N) is 1. The minimum absolute atomic E-state index is 0. The molecule has 3 rings (SSSR count). The summed E-state index contributed by atoms with van der Waals surface area (Å²) >= 11 is 0. The maximum absolute atomic E-state index is 12.7. The van der Waals surface area contributed by atoms with E-state index >= 15 is 0 Å². The Bertz CT molecular complexity index is 578. The number of hydrogen-bond donors (Lipinski definition) is 1. The van der Waals surface area contributed by atoms with Gasteiger partial charge in [0.1, 0.15) is 5.75 Å². The van der Waals surface area contributed by atoms with Crippen molar-refractivity contribution in [3.8, 4) is 5.75 Å². The van der Waals surface area contributed by atoms with Gasteiger partial charge in [0.15, 0.2) is 6.10 Å². The summed E-state index contributed by atoms with van der Waals surface area (Å²) in [4.78, 5) is 14.6. The van der Waals surface area contributed by atoms with Crippen molar-refractivity contribution in [1.82, 2.24) is 4.90 Å². The number of hydrogen-bond acceptors (Lipinski definition) is 3. The zero-order valence-electron chi connectivity index (χ0n) is 14.8. The number of benzene rings is 1. The fraction of sp³-hybridized carbons (Fsp3) is 0.632. The third kappa shape index (κ3) is 3.86. The Morgan fingerprint density at radius 2 is 2.00 bits per heavy atom. The van der Waals surface area contributed by atoms with Crippen LogP contribution in [0, 0.1) is 11.8 Å². The van der Waals surface area contributed by atoms with Crippen LogP contribution in [0.5, 0.6) is 5.75 Å². The molecule has 1 saturated heterocycles. The van der Waals surface area contributed by atoms with Gasteiger partial charge in [0.05, 0.1) is 0 Å². The Labute approximate surface area is 151 Å². The first kappa shape index (κ1) is 19.1. The summed E-state index contributed by atoms with van der Waals surface area (Å²) in [5.74, 6) is 2.37. The van der Waals surface area contributed by atoms with Gasteiger partial charge in [-0.15, -0.1) is 12.4 Å². The van der Waals surface area contributed by atoms with Gasteiger partial charge < -0.3 is 15.4 Å². The largest absolute Gasteiger partial charge is 0.481 e. The van der Waals surface area contributed by atoms with E-state index in [1.165, 1.54) is 5.56 Å². The predicted molar refractivity (Wildman–Crippen MR) is 98.6 cm³/mol. The summed E-state index contributed by atoms with van der Waals surface area (Å²) in [5.41, 5.74) is 7.38. The van der Waals surface area contributed by atoms with Crippen LogP contribution >= 0.6 is 12.4 Å². The van der Waals surface area contributed by atoms with E-state index in [1.54, 1.807) is 0 Å². The predicted octanol–water partition coefficient (Wildman–Crippen LogP) is 3.19. The molecule has 1 heterocycles. The summed E-state index contributed by atoms with van der Waals surface area (Å²) < 4.78 is 5.91. The molecule has 5 heteroatoms. The molecule has 0 aromatic heterocycles. The summed E-state index contributed by atoms with van der Waals surface area (Å²) in [5, 5.41) is 0. The average molecular weight is 353 g/mol. The molecule has 4 nitrogen and oxygen atoms in total. The minimum Gasteiger partial charge on any atom is -0.481 e. The van der Waals surface area contributed by atoms with Crippen LogP contribution in [0.2, 0.25) is 0 Å². The topological polar surface area (TPSA) is 55.6 Å². The third-order valence-electron chi connectivity index (χ3n) is 5.41. The summed E-state index contributed by atoms with van der Waals surface area (Å²) in [6.45, 7) is 7.79. The number of nitrogens with two attached hydrogens (primary N) is 1. The smallest absolute Gasteiger partial charge is 0.263 e. The number of halogens is 1. The molecular weight excluding hydrogens is 324 g/mol. The molecule has 2 N–H and O–H groups in total. The van der Waals surface area contributed by atoms with Crippen molar-refractivity contribution in [2.75, 3.05) is 13.1 Å². The molecule has 1 amide bonds. The monoisotopic (exact) mass is 352 g/mol. The first-order chi connectivity index (χ1) is 11.0. The maximum Gasteiger partial charge on any atom is 0.263 e. The highest BCUT2D eigenvalue weighted by Gasteiger charge is 2.43. The van der Waals surface area contributed by atoms with E-state index in [4.69, 9.17) is 10.5 Å². The molecule has 1 aromatic carbocycles. The number of carbonyl (C=O) groups is 1. The SMILES string of the molecule is CC(Oc1cccc(C(C)C)c1)C(=O)N1CC2CCC(N)C2C1.Cl. The van der Waals surface area contributed by atoms with Crippen LogP contribution < -0.4 is 10.5 Å². The van der Waals surface area contributed by atoms with Crippen molar-refractivity contribution in [3.63, 3.8) is 0 Å². The number of ether oxygens (including phenoxy) is 1. The van der Waals surface area contributed by atoms with Crippen LogP contribution in [-0.2, 0) is 4.79 Å². The van der Waals surface area contributed by atoms with E-state index in [2.05, 4.69) is 19.9 Å². The number of amides is 1. The highest BCUT2D eigenvalue weighted by molar-refractivity contribution is 5.85. The second-order valence-electron chi connectivity index (χ2n) is 7.40. The standard InChI is InChI=1S/C19H28N2O2.ClH/c1-12(2)14-5-4-6-16(9-14)23-13(3)19(22)21-10-15-7-8-18(20)17(15)11-21;/h4-6,9,12-13,15,17-18H,7-8,10-11,20H2,1-3H3;1H. The third-order valence-corrected chi connectivity index (χ3v) is 5.41. The molecule has 4 unspecified atom stereocenters. The summed E-state index contributed by atoms with van der Waals surface area (Å²) in [6.07, 6.45) is 1.81. The lowest BCUT2D eigenvalue weighted by molar-refractivity contribution is -0.137. The first-order valence-electron chi connectivity index (χ1n) is 8.76. The number of carbonyl (C=O) groups excluding carboxylic acids is 1. The molecule has 24 heavy (non-hydrogen) atoms. The molecule has 2 fully saturated rings. The van der Waals surface area contributed by atoms with Crippen LogP contribution in [0.15, 0.2) is 24.3 Å². The van der Waals surface area contributed by atoms with Gasteiger partial charge in [-0.3, -0.25) is 4.79 Å². The van der Waals surface area contributed by atoms with E-state index in [9.17, 15) is 4.79 Å². The first-order valence-corrected chi connectivity index (χ1v) is 8.76. The second-order valence-corrected chi connectivity index (χ2v) is 7.40. The highest BCUT2D eigenvalue weighted by atomic mass is 35.5. The van der Waals surface area contributed by atoms with Crippen molar-refractivity contribution in [2.45, 2.75) is 51.7 Å². The highest BCUT2D eigenvalue weighted by Crippen LogP contribution is 2.37. The molecule has 2 aliphatic rings. The number of likely N-dealkylation sites (tertiary alicyclic amines) is 1.